The molecular formula is C17H32N2S. The largest absolute Gasteiger partial charge is 0.314 e. The van der Waals surface area contributed by atoms with Crippen molar-refractivity contribution in [2.45, 2.75) is 59.5 Å². The van der Waals surface area contributed by atoms with Crippen LogP contribution in [0.3, 0.4) is 0 Å². The molecule has 0 saturated carbocycles. The summed E-state index contributed by atoms with van der Waals surface area (Å²) < 4.78 is 0. The second kappa shape index (κ2) is 8.16. The van der Waals surface area contributed by atoms with E-state index in [0.29, 0.717) is 17.5 Å². The lowest BCUT2D eigenvalue weighted by Crippen LogP contribution is -2.43. The Morgan fingerprint density at radius 1 is 1.35 bits per heavy atom. The first-order valence-electron chi connectivity index (χ1n) is 7.85. The zero-order valence-electron chi connectivity index (χ0n) is 14.1. The van der Waals surface area contributed by atoms with Gasteiger partial charge in [0.15, 0.2) is 0 Å². The lowest BCUT2D eigenvalue weighted by molar-refractivity contribution is 0.141. The fourth-order valence-corrected chi connectivity index (χ4v) is 3.61. The second-order valence-electron chi connectivity index (χ2n) is 6.70. The van der Waals surface area contributed by atoms with Gasteiger partial charge < -0.3 is 5.32 Å². The van der Waals surface area contributed by atoms with Crippen LogP contribution in [-0.2, 0) is 0 Å². The van der Waals surface area contributed by atoms with Crippen molar-refractivity contribution in [1.29, 1.82) is 0 Å². The molecule has 2 unspecified atom stereocenters. The molecule has 116 valence electrons. The molecule has 1 rings (SSSR count). The first-order valence-corrected chi connectivity index (χ1v) is 8.73. The normalized spacial score (nSPS) is 16.6. The van der Waals surface area contributed by atoms with Crippen molar-refractivity contribution in [1.82, 2.24) is 10.2 Å². The minimum absolute atomic E-state index is 0.347. The van der Waals surface area contributed by atoms with Gasteiger partial charge in [0.05, 0.1) is 0 Å². The number of nitrogens with zero attached hydrogens (tertiary/aromatic N) is 1. The quantitative estimate of drug-likeness (QED) is 0.719. The number of hydrogen-bond donors (Lipinski definition) is 1. The highest BCUT2D eigenvalue weighted by Gasteiger charge is 2.27. The van der Waals surface area contributed by atoms with E-state index in [1.807, 2.05) is 11.3 Å². The summed E-state index contributed by atoms with van der Waals surface area (Å²) in [7, 11) is 2.26. The summed E-state index contributed by atoms with van der Waals surface area (Å²) in [5.41, 5.74) is 0.347. The molecule has 3 heteroatoms. The maximum absolute atomic E-state index is 3.63. The van der Waals surface area contributed by atoms with Crippen LogP contribution in [0.2, 0.25) is 0 Å². The summed E-state index contributed by atoms with van der Waals surface area (Å²) in [4.78, 5) is 3.96. The second-order valence-corrected chi connectivity index (χ2v) is 7.68. The average molecular weight is 297 g/mol. The van der Waals surface area contributed by atoms with E-state index in [2.05, 4.69) is 69.4 Å². The van der Waals surface area contributed by atoms with Gasteiger partial charge in [0.25, 0.3) is 0 Å². The standard InChI is InChI=1S/C17H32N2S/c1-7-10-17(5,12-18-14(2)3)13-19(6)15(4)16-9-8-11-20-16/h8-9,11,14-15,18H,7,10,12-13H2,1-6H3. The Balaban J connectivity index is 2.63. The summed E-state index contributed by atoms with van der Waals surface area (Å²) in [6.45, 7) is 13.7. The summed E-state index contributed by atoms with van der Waals surface area (Å²) in [6, 6.07) is 5.46. The summed E-state index contributed by atoms with van der Waals surface area (Å²) in [5.74, 6) is 0. The highest BCUT2D eigenvalue weighted by molar-refractivity contribution is 7.10. The highest BCUT2D eigenvalue weighted by atomic mass is 32.1. The molecule has 20 heavy (non-hydrogen) atoms. The van der Waals surface area contributed by atoms with Crippen LogP contribution in [0.1, 0.15) is 58.4 Å². The van der Waals surface area contributed by atoms with Crippen LogP contribution in [0.4, 0.5) is 0 Å². The Hall–Kier alpha value is -0.380. The van der Waals surface area contributed by atoms with Gasteiger partial charge in [0, 0.05) is 30.1 Å². The first kappa shape index (κ1) is 17.7. The van der Waals surface area contributed by atoms with E-state index in [9.17, 15) is 0 Å². The molecule has 1 aromatic heterocycles. The Morgan fingerprint density at radius 3 is 2.55 bits per heavy atom. The van der Waals surface area contributed by atoms with E-state index in [-0.39, 0.29) is 0 Å². The highest BCUT2D eigenvalue weighted by Crippen LogP contribution is 2.29. The van der Waals surface area contributed by atoms with Gasteiger partial charge in [-0.05, 0) is 37.3 Å². The number of rotatable bonds is 9. The van der Waals surface area contributed by atoms with Gasteiger partial charge >= 0.3 is 0 Å². The minimum Gasteiger partial charge on any atom is -0.314 e. The molecule has 0 aliphatic heterocycles. The first-order chi connectivity index (χ1) is 9.38. The van der Waals surface area contributed by atoms with E-state index in [4.69, 9.17) is 0 Å². The number of hydrogen-bond acceptors (Lipinski definition) is 3. The van der Waals surface area contributed by atoms with Crippen LogP contribution in [-0.4, -0.2) is 31.1 Å². The summed E-state index contributed by atoms with van der Waals surface area (Å²) in [5, 5.41) is 5.80. The minimum atomic E-state index is 0.347. The molecule has 1 N–H and O–H groups in total. The van der Waals surface area contributed by atoms with E-state index < -0.39 is 0 Å². The van der Waals surface area contributed by atoms with Gasteiger partial charge in [-0.15, -0.1) is 11.3 Å². The lowest BCUT2D eigenvalue weighted by Gasteiger charge is -2.37. The molecule has 2 nitrogen and oxygen atoms in total. The predicted octanol–water partition coefficient (Wildman–Crippen LogP) is 4.55. The van der Waals surface area contributed by atoms with Crippen molar-refractivity contribution >= 4 is 11.3 Å². The number of nitrogens with one attached hydrogen (secondary N) is 1. The predicted molar refractivity (Wildman–Crippen MR) is 91.5 cm³/mol. The average Bonchev–Trinajstić information content (AvgIpc) is 2.89. The van der Waals surface area contributed by atoms with Gasteiger partial charge in [-0.3, -0.25) is 4.90 Å². The third-order valence-corrected chi connectivity index (χ3v) is 5.08. The van der Waals surface area contributed by atoms with Crippen LogP contribution in [0, 0.1) is 5.41 Å². The van der Waals surface area contributed by atoms with Crippen LogP contribution in [0.25, 0.3) is 0 Å². The van der Waals surface area contributed by atoms with Gasteiger partial charge in [-0.2, -0.15) is 0 Å². The molecule has 0 radical (unpaired) electrons. The van der Waals surface area contributed by atoms with Crippen molar-refractivity contribution in [3.8, 4) is 0 Å². The summed E-state index contributed by atoms with van der Waals surface area (Å²) in [6.07, 6.45) is 2.52. The SMILES string of the molecule is CCCC(C)(CNC(C)C)CN(C)C(C)c1cccs1. The third kappa shape index (κ3) is 5.55. The van der Waals surface area contributed by atoms with Crippen LogP contribution >= 0.6 is 11.3 Å². The van der Waals surface area contributed by atoms with Crippen LogP contribution < -0.4 is 5.32 Å². The van der Waals surface area contributed by atoms with Crippen molar-refractivity contribution in [2.24, 2.45) is 5.41 Å². The molecule has 1 heterocycles. The van der Waals surface area contributed by atoms with Crippen LogP contribution in [0.15, 0.2) is 17.5 Å². The summed E-state index contributed by atoms with van der Waals surface area (Å²) >= 11 is 1.86. The van der Waals surface area contributed by atoms with Crippen molar-refractivity contribution in [3.05, 3.63) is 22.4 Å². The Bertz CT molecular complexity index is 361. The Morgan fingerprint density at radius 2 is 2.05 bits per heavy atom. The van der Waals surface area contributed by atoms with Crippen molar-refractivity contribution < 1.29 is 0 Å². The fraction of sp³-hybridized carbons (Fsp3) is 0.765. The lowest BCUT2D eigenvalue weighted by atomic mass is 9.84. The van der Waals surface area contributed by atoms with Crippen LogP contribution in [0.5, 0.6) is 0 Å². The number of thiophene rings is 1. The van der Waals surface area contributed by atoms with E-state index in [1.165, 1.54) is 17.7 Å². The molecule has 0 aliphatic carbocycles. The third-order valence-electron chi connectivity index (χ3n) is 4.04. The molecular weight excluding hydrogens is 264 g/mol. The van der Waals surface area contributed by atoms with E-state index in [1.54, 1.807) is 0 Å². The smallest absolute Gasteiger partial charge is 0.0410 e. The molecule has 0 aromatic carbocycles. The molecule has 0 saturated heterocycles. The molecule has 0 bridgehead atoms. The van der Waals surface area contributed by atoms with Crippen molar-refractivity contribution in [2.75, 3.05) is 20.1 Å². The Kier molecular flexibility index (Phi) is 7.21. The van der Waals surface area contributed by atoms with Crippen molar-refractivity contribution in [3.63, 3.8) is 0 Å². The Labute approximate surface area is 129 Å². The molecule has 0 aliphatic rings. The molecule has 0 amide bonds. The fourth-order valence-electron chi connectivity index (χ4n) is 2.76. The topological polar surface area (TPSA) is 15.3 Å². The van der Waals surface area contributed by atoms with E-state index in [0.717, 1.165) is 13.1 Å². The molecule has 0 fully saturated rings. The zero-order chi connectivity index (χ0) is 15.2. The zero-order valence-corrected chi connectivity index (χ0v) is 14.9. The maximum Gasteiger partial charge on any atom is 0.0410 e. The molecule has 2 atom stereocenters. The van der Waals surface area contributed by atoms with Gasteiger partial charge in [0.2, 0.25) is 0 Å². The molecule has 0 spiro atoms. The van der Waals surface area contributed by atoms with E-state index >= 15 is 0 Å². The molecule has 1 aromatic rings. The van der Waals surface area contributed by atoms with Gasteiger partial charge in [0.1, 0.15) is 0 Å². The maximum atomic E-state index is 3.63. The van der Waals surface area contributed by atoms with Gasteiger partial charge in [-0.1, -0.05) is 40.2 Å². The van der Waals surface area contributed by atoms with Gasteiger partial charge in [-0.25, -0.2) is 0 Å². The monoisotopic (exact) mass is 296 g/mol.